The van der Waals surface area contributed by atoms with Crippen LogP contribution in [0.3, 0.4) is 0 Å². The molecule has 1 aromatic rings. The van der Waals surface area contributed by atoms with E-state index < -0.39 is 0 Å². The van der Waals surface area contributed by atoms with Crippen LogP contribution < -0.4 is 10.1 Å². The zero-order valence-corrected chi connectivity index (χ0v) is 19.0. The number of guanidine groups is 1. The fraction of sp³-hybridized carbons (Fsp3) is 0.667. The molecule has 0 radical (unpaired) electrons. The summed E-state index contributed by atoms with van der Waals surface area (Å²) in [4.78, 5) is 7.26. The van der Waals surface area contributed by atoms with Crippen molar-refractivity contribution in [1.82, 2.24) is 10.2 Å². The predicted molar refractivity (Wildman–Crippen MR) is 121 cm³/mol. The first-order valence-electron chi connectivity index (χ1n) is 10.1. The molecule has 1 aliphatic carbocycles. The van der Waals surface area contributed by atoms with E-state index in [1.54, 1.807) is 0 Å². The maximum atomic E-state index is 6.02. The van der Waals surface area contributed by atoms with Crippen LogP contribution in [0.25, 0.3) is 0 Å². The van der Waals surface area contributed by atoms with E-state index in [4.69, 9.17) is 14.5 Å². The first-order chi connectivity index (χ1) is 12.8. The Labute approximate surface area is 180 Å². The van der Waals surface area contributed by atoms with Crippen molar-refractivity contribution >= 4 is 29.9 Å². The van der Waals surface area contributed by atoms with E-state index in [-0.39, 0.29) is 24.0 Å². The highest BCUT2D eigenvalue weighted by Crippen LogP contribution is 2.30. The maximum Gasteiger partial charge on any atom is 0.194 e. The molecule has 1 saturated heterocycles. The van der Waals surface area contributed by atoms with Crippen LogP contribution in [0.1, 0.15) is 38.7 Å². The van der Waals surface area contributed by atoms with Crippen molar-refractivity contribution in [3.63, 3.8) is 0 Å². The minimum Gasteiger partial charge on any atom is -0.493 e. The molecule has 1 heterocycles. The fourth-order valence-electron chi connectivity index (χ4n) is 3.30. The SMILES string of the molecule is CCNC(=NCc1ccccc1OCC1CC1)N1CCC(COCC)C1.I. The van der Waals surface area contributed by atoms with Gasteiger partial charge < -0.3 is 19.7 Å². The van der Waals surface area contributed by atoms with Crippen LogP contribution in [0.15, 0.2) is 29.3 Å². The highest BCUT2D eigenvalue weighted by atomic mass is 127. The predicted octanol–water partition coefficient (Wildman–Crippen LogP) is 3.92. The van der Waals surface area contributed by atoms with Gasteiger partial charge in [0.1, 0.15) is 5.75 Å². The molecule has 6 heteroatoms. The molecule has 3 rings (SSSR count). The Morgan fingerprint density at radius 2 is 1.96 bits per heavy atom. The second kappa shape index (κ2) is 11.7. The van der Waals surface area contributed by atoms with Crippen molar-refractivity contribution in [3.8, 4) is 5.75 Å². The molecule has 0 spiro atoms. The molecule has 1 saturated carbocycles. The largest absolute Gasteiger partial charge is 0.493 e. The summed E-state index contributed by atoms with van der Waals surface area (Å²) < 4.78 is 11.6. The second-order valence-corrected chi connectivity index (χ2v) is 7.29. The van der Waals surface area contributed by atoms with Crippen LogP contribution in [0.2, 0.25) is 0 Å². The minimum absolute atomic E-state index is 0. The summed E-state index contributed by atoms with van der Waals surface area (Å²) in [6.07, 6.45) is 3.79. The monoisotopic (exact) mass is 487 g/mol. The van der Waals surface area contributed by atoms with E-state index in [0.717, 1.165) is 62.6 Å². The first kappa shape index (κ1) is 22.3. The molecule has 152 valence electrons. The maximum absolute atomic E-state index is 6.02. The summed E-state index contributed by atoms with van der Waals surface area (Å²) in [6, 6.07) is 8.29. The number of rotatable bonds is 9. The van der Waals surface area contributed by atoms with Crippen LogP contribution in [0.5, 0.6) is 5.75 Å². The van der Waals surface area contributed by atoms with Crippen LogP contribution in [0.4, 0.5) is 0 Å². The third-order valence-corrected chi connectivity index (χ3v) is 5.02. The van der Waals surface area contributed by atoms with Crippen LogP contribution in [-0.2, 0) is 11.3 Å². The Bertz CT molecular complexity index is 593. The lowest BCUT2D eigenvalue weighted by molar-refractivity contribution is 0.114. The minimum atomic E-state index is 0. The third kappa shape index (κ3) is 7.14. The number of nitrogens with zero attached hydrogens (tertiary/aromatic N) is 2. The standard InChI is InChI=1S/C21H33N3O2.HI/c1-3-22-21(24-12-11-18(14-24)15-25-4-2)23-13-19-7-5-6-8-20(19)26-16-17-9-10-17;/h5-8,17-18H,3-4,9-16H2,1-2H3,(H,22,23);1H. The number of aliphatic imine (C=N–C) groups is 1. The van der Waals surface area contributed by atoms with E-state index >= 15 is 0 Å². The van der Waals surface area contributed by atoms with E-state index in [2.05, 4.69) is 42.3 Å². The lowest BCUT2D eigenvalue weighted by Gasteiger charge is -2.22. The fourth-order valence-corrected chi connectivity index (χ4v) is 3.30. The van der Waals surface area contributed by atoms with E-state index in [1.165, 1.54) is 19.3 Å². The van der Waals surface area contributed by atoms with Crippen molar-refractivity contribution in [1.29, 1.82) is 0 Å². The Hall–Kier alpha value is -1.02. The molecule has 1 aliphatic heterocycles. The third-order valence-electron chi connectivity index (χ3n) is 5.02. The molecular formula is C21H34IN3O2. The molecule has 1 unspecified atom stereocenters. The van der Waals surface area contributed by atoms with Crippen LogP contribution in [0, 0.1) is 11.8 Å². The van der Waals surface area contributed by atoms with Crippen LogP contribution >= 0.6 is 24.0 Å². The molecule has 1 aromatic carbocycles. The van der Waals surface area contributed by atoms with Crippen molar-refractivity contribution in [3.05, 3.63) is 29.8 Å². The summed E-state index contributed by atoms with van der Waals surface area (Å²) in [6.45, 7) is 10.3. The van der Waals surface area contributed by atoms with E-state index in [9.17, 15) is 0 Å². The summed E-state index contributed by atoms with van der Waals surface area (Å²) in [7, 11) is 0. The van der Waals surface area contributed by atoms with Gasteiger partial charge in [0, 0.05) is 37.7 Å². The second-order valence-electron chi connectivity index (χ2n) is 7.29. The lowest BCUT2D eigenvalue weighted by atomic mass is 10.1. The molecule has 27 heavy (non-hydrogen) atoms. The van der Waals surface area contributed by atoms with E-state index in [1.807, 2.05) is 6.07 Å². The van der Waals surface area contributed by atoms with Crippen molar-refractivity contribution < 1.29 is 9.47 Å². The summed E-state index contributed by atoms with van der Waals surface area (Å²) in [5, 5.41) is 3.45. The number of hydrogen-bond donors (Lipinski definition) is 1. The highest BCUT2D eigenvalue weighted by molar-refractivity contribution is 14.0. The van der Waals surface area contributed by atoms with Gasteiger partial charge >= 0.3 is 0 Å². The Balaban J connectivity index is 0.00000261. The van der Waals surface area contributed by atoms with Gasteiger partial charge in [0.05, 0.1) is 19.8 Å². The molecule has 2 aliphatic rings. The number of nitrogens with one attached hydrogen (secondary N) is 1. The number of hydrogen-bond acceptors (Lipinski definition) is 3. The zero-order chi connectivity index (χ0) is 18.2. The average molecular weight is 487 g/mol. The Morgan fingerprint density at radius 3 is 2.70 bits per heavy atom. The van der Waals surface area contributed by atoms with Gasteiger partial charge in [0.2, 0.25) is 0 Å². The lowest BCUT2D eigenvalue weighted by Crippen LogP contribution is -2.40. The molecule has 1 atom stereocenters. The van der Waals surface area contributed by atoms with Gasteiger partial charge in [0.15, 0.2) is 5.96 Å². The number of likely N-dealkylation sites (tertiary alicyclic amines) is 1. The number of halogens is 1. The molecule has 0 amide bonds. The number of benzene rings is 1. The Morgan fingerprint density at radius 1 is 1.15 bits per heavy atom. The van der Waals surface area contributed by atoms with Crippen molar-refractivity contribution in [2.45, 2.75) is 39.7 Å². The van der Waals surface area contributed by atoms with Crippen LogP contribution in [-0.4, -0.2) is 50.3 Å². The summed E-state index contributed by atoms with van der Waals surface area (Å²) in [5.41, 5.74) is 1.16. The molecule has 2 fully saturated rings. The van der Waals surface area contributed by atoms with Gasteiger partial charge in [-0.2, -0.15) is 0 Å². The molecule has 0 aromatic heterocycles. The highest BCUT2D eigenvalue weighted by Gasteiger charge is 2.25. The quantitative estimate of drug-likeness (QED) is 0.326. The first-order valence-corrected chi connectivity index (χ1v) is 10.1. The zero-order valence-electron chi connectivity index (χ0n) is 16.7. The normalized spacial score (nSPS) is 19.7. The van der Waals surface area contributed by atoms with Gasteiger partial charge in [-0.25, -0.2) is 4.99 Å². The van der Waals surface area contributed by atoms with Gasteiger partial charge in [-0.3, -0.25) is 0 Å². The van der Waals surface area contributed by atoms with Gasteiger partial charge in [-0.05, 0) is 45.1 Å². The molecular weight excluding hydrogens is 453 g/mol. The smallest absolute Gasteiger partial charge is 0.194 e. The number of para-hydroxylation sites is 1. The van der Waals surface area contributed by atoms with E-state index in [0.29, 0.717) is 12.5 Å². The number of ether oxygens (including phenoxy) is 2. The summed E-state index contributed by atoms with van der Waals surface area (Å²) >= 11 is 0. The topological polar surface area (TPSA) is 46.1 Å². The summed E-state index contributed by atoms with van der Waals surface area (Å²) in [5.74, 6) is 3.35. The molecule has 5 nitrogen and oxygen atoms in total. The van der Waals surface area contributed by atoms with Gasteiger partial charge in [-0.15, -0.1) is 24.0 Å². The van der Waals surface area contributed by atoms with Gasteiger partial charge in [-0.1, -0.05) is 18.2 Å². The Kier molecular flexibility index (Phi) is 9.68. The molecule has 0 bridgehead atoms. The van der Waals surface area contributed by atoms with Crippen molar-refractivity contribution in [2.75, 3.05) is 39.5 Å². The average Bonchev–Trinajstić information content (AvgIpc) is 3.38. The molecule has 1 N–H and O–H groups in total. The van der Waals surface area contributed by atoms with Gasteiger partial charge in [0.25, 0.3) is 0 Å². The van der Waals surface area contributed by atoms with Crippen molar-refractivity contribution in [2.24, 2.45) is 16.8 Å².